The van der Waals surface area contributed by atoms with Crippen LogP contribution in [-0.4, -0.2) is 19.5 Å². The summed E-state index contributed by atoms with van der Waals surface area (Å²) in [6.45, 7) is 2.93. The zero-order valence-corrected chi connectivity index (χ0v) is 16.0. The molecule has 0 radical (unpaired) electrons. The minimum Gasteiger partial charge on any atom is -0.386 e. The van der Waals surface area contributed by atoms with E-state index in [4.69, 9.17) is 0 Å². The molecule has 0 aliphatic carbocycles. The largest absolute Gasteiger partial charge is 0.386 e. The number of halogens is 3. The van der Waals surface area contributed by atoms with E-state index in [1.807, 2.05) is 6.07 Å². The minimum absolute atomic E-state index is 0.0150. The van der Waals surface area contributed by atoms with Gasteiger partial charge in [-0.1, -0.05) is 0 Å². The highest BCUT2D eigenvalue weighted by atomic mass is 19.1. The Morgan fingerprint density at radius 3 is 2.57 bits per heavy atom. The molecule has 4 aromatic rings. The number of nitrogens with zero attached hydrogens (tertiary/aromatic N) is 4. The van der Waals surface area contributed by atoms with Crippen LogP contribution in [0.5, 0.6) is 0 Å². The van der Waals surface area contributed by atoms with Crippen LogP contribution < -0.4 is 0 Å². The van der Waals surface area contributed by atoms with E-state index in [0.29, 0.717) is 5.69 Å². The molecule has 4 rings (SSSR count). The number of rotatable bonds is 3. The third-order valence-corrected chi connectivity index (χ3v) is 4.74. The van der Waals surface area contributed by atoms with Crippen molar-refractivity contribution in [1.29, 1.82) is 5.26 Å². The standard InChI is InChI=1S/C22H15F3N4O/c1-22(2,30)15-7-8-29-18(11-27-21(29)19(15)25)17-6-5-16(24)20(28-17)14-9-13(23)4-3-12(14)10-26/h3-9,11,30H,1-2H3. The number of fused-ring (bicyclic) bond motifs is 1. The fourth-order valence-electron chi connectivity index (χ4n) is 3.26. The Bertz CT molecular complexity index is 1330. The van der Waals surface area contributed by atoms with E-state index in [9.17, 15) is 23.5 Å². The quantitative estimate of drug-likeness (QED) is 0.539. The van der Waals surface area contributed by atoms with E-state index in [2.05, 4.69) is 9.97 Å². The molecule has 0 atom stereocenters. The fourth-order valence-corrected chi connectivity index (χ4v) is 3.26. The smallest absolute Gasteiger partial charge is 0.174 e. The van der Waals surface area contributed by atoms with Crippen molar-refractivity contribution < 1.29 is 18.3 Å². The van der Waals surface area contributed by atoms with Gasteiger partial charge in [0, 0.05) is 17.3 Å². The van der Waals surface area contributed by atoms with Gasteiger partial charge in [0.05, 0.1) is 34.8 Å². The van der Waals surface area contributed by atoms with Crippen molar-refractivity contribution in [2.45, 2.75) is 19.4 Å². The van der Waals surface area contributed by atoms with Gasteiger partial charge < -0.3 is 5.11 Å². The number of pyridine rings is 2. The highest BCUT2D eigenvalue weighted by molar-refractivity contribution is 5.71. The van der Waals surface area contributed by atoms with Crippen LogP contribution in [0.25, 0.3) is 28.3 Å². The van der Waals surface area contributed by atoms with Crippen molar-refractivity contribution in [2.75, 3.05) is 0 Å². The van der Waals surface area contributed by atoms with Crippen LogP contribution in [0.4, 0.5) is 13.2 Å². The van der Waals surface area contributed by atoms with Crippen LogP contribution >= 0.6 is 0 Å². The summed E-state index contributed by atoms with van der Waals surface area (Å²) in [5.41, 5.74) is -0.847. The molecule has 0 saturated carbocycles. The lowest BCUT2D eigenvalue weighted by Gasteiger charge is -2.18. The first-order valence-electron chi connectivity index (χ1n) is 8.96. The summed E-state index contributed by atoms with van der Waals surface area (Å²) in [6.07, 6.45) is 2.90. The van der Waals surface area contributed by atoms with E-state index in [0.717, 1.165) is 18.2 Å². The van der Waals surface area contributed by atoms with E-state index < -0.39 is 23.1 Å². The predicted molar refractivity (Wildman–Crippen MR) is 104 cm³/mol. The molecule has 1 N–H and O–H groups in total. The lowest BCUT2D eigenvalue weighted by molar-refractivity contribution is 0.0746. The molecule has 30 heavy (non-hydrogen) atoms. The Balaban J connectivity index is 1.91. The molecule has 0 unspecified atom stereocenters. The Morgan fingerprint density at radius 2 is 1.87 bits per heavy atom. The second-order valence-electron chi connectivity index (χ2n) is 7.27. The summed E-state index contributed by atoms with van der Waals surface area (Å²) in [5, 5.41) is 19.4. The Hall–Kier alpha value is -3.70. The number of benzene rings is 1. The maximum Gasteiger partial charge on any atom is 0.174 e. The molecule has 0 amide bonds. The summed E-state index contributed by atoms with van der Waals surface area (Å²) in [5.74, 6) is -2.05. The Kier molecular flexibility index (Phi) is 4.56. The molecule has 0 bridgehead atoms. The fraction of sp³-hybridized carbons (Fsp3) is 0.136. The monoisotopic (exact) mass is 408 g/mol. The van der Waals surface area contributed by atoms with E-state index in [1.54, 1.807) is 0 Å². The maximum absolute atomic E-state index is 14.8. The molecular weight excluding hydrogens is 393 g/mol. The topological polar surface area (TPSA) is 74.2 Å². The van der Waals surface area contributed by atoms with Crippen LogP contribution in [0.15, 0.2) is 48.8 Å². The van der Waals surface area contributed by atoms with E-state index >= 15 is 0 Å². The zero-order valence-electron chi connectivity index (χ0n) is 16.0. The van der Waals surface area contributed by atoms with Gasteiger partial charge >= 0.3 is 0 Å². The molecule has 0 aliphatic heterocycles. The Labute approximate surface area is 169 Å². The van der Waals surface area contributed by atoms with Gasteiger partial charge in [0.1, 0.15) is 17.3 Å². The number of nitriles is 1. The van der Waals surface area contributed by atoms with Gasteiger partial charge in [-0.15, -0.1) is 0 Å². The summed E-state index contributed by atoms with van der Waals surface area (Å²) in [7, 11) is 0. The lowest BCUT2D eigenvalue weighted by atomic mass is 9.99. The van der Waals surface area contributed by atoms with Gasteiger partial charge in [0.2, 0.25) is 0 Å². The second-order valence-corrected chi connectivity index (χ2v) is 7.27. The van der Waals surface area contributed by atoms with Gasteiger partial charge in [-0.2, -0.15) is 5.26 Å². The maximum atomic E-state index is 14.8. The number of imidazole rings is 1. The molecule has 3 heterocycles. The molecule has 3 aromatic heterocycles. The summed E-state index contributed by atoms with van der Waals surface area (Å²) < 4.78 is 44.5. The second kappa shape index (κ2) is 6.97. The van der Waals surface area contributed by atoms with Crippen molar-refractivity contribution in [1.82, 2.24) is 14.4 Å². The van der Waals surface area contributed by atoms with Gasteiger partial charge in [-0.05, 0) is 50.2 Å². The van der Waals surface area contributed by atoms with Gasteiger partial charge in [-0.25, -0.2) is 23.1 Å². The highest BCUT2D eigenvalue weighted by Crippen LogP contribution is 2.31. The van der Waals surface area contributed by atoms with E-state index in [1.165, 1.54) is 48.8 Å². The third-order valence-electron chi connectivity index (χ3n) is 4.74. The first kappa shape index (κ1) is 19.6. The van der Waals surface area contributed by atoms with Crippen LogP contribution in [0.3, 0.4) is 0 Å². The van der Waals surface area contributed by atoms with Crippen LogP contribution in [-0.2, 0) is 5.60 Å². The number of hydrogen-bond acceptors (Lipinski definition) is 4. The van der Waals surface area contributed by atoms with Crippen molar-refractivity contribution in [3.63, 3.8) is 0 Å². The average Bonchev–Trinajstić information content (AvgIpc) is 3.13. The van der Waals surface area contributed by atoms with Crippen molar-refractivity contribution in [2.24, 2.45) is 0 Å². The van der Waals surface area contributed by atoms with Crippen LogP contribution in [0.2, 0.25) is 0 Å². The van der Waals surface area contributed by atoms with Crippen LogP contribution in [0, 0.1) is 28.8 Å². The molecule has 1 aromatic carbocycles. The number of aromatic nitrogens is 3. The Morgan fingerprint density at radius 1 is 1.10 bits per heavy atom. The third kappa shape index (κ3) is 3.19. The minimum atomic E-state index is -1.40. The summed E-state index contributed by atoms with van der Waals surface area (Å²) in [4.78, 5) is 8.33. The number of aliphatic hydroxyl groups is 1. The lowest BCUT2D eigenvalue weighted by Crippen LogP contribution is -2.18. The predicted octanol–water partition coefficient (Wildman–Crippen LogP) is 4.58. The van der Waals surface area contributed by atoms with Crippen LogP contribution in [0.1, 0.15) is 25.0 Å². The molecule has 0 spiro atoms. The zero-order chi connectivity index (χ0) is 21.6. The molecule has 0 saturated heterocycles. The molecule has 0 aliphatic rings. The molecule has 0 fully saturated rings. The normalized spacial score (nSPS) is 11.6. The first-order valence-corrected chi connectivity index (χ1v) is 8.96. The molecule has 150 valence electrons. The summed E-state index contributed by atoms with van der Waals surface area (Å²) in [6, 6.07) is 9.25. The van der Waals surface area contributed by atoms with Gasteiger partial charge in [0.25, 0.3) is 0 Å². The first-order chi connectivity index (χ1) is 14.2. The van der Waals surface area contributed by atoms with Crippen molar-refractivity contribution in [3.8, 4) is 28.7 Å². The van der Waals surface area contributed by atoms with Gasteiger partial charge in [0.15, 0.2) is 11.5 Å². The molecular formula is C22H15F3N4O. The van der Waals surface area contributed by atoms with Crippen molar-refractivity contribution >= 4 is 5.65 Å². The SMILES string of the molecule is CC(C)(O)c1ccn2c(-c3ccc(F)c(-c4cc(F)ccc4C#N)n3)cnc2c1F. The molecule has 8 heteroatoms. The van der Waals surface area contributed by atoms with Gasteiger partial charge in [-0.3, -0.25) is 4.40 Å². The number of hydrogen-bond donors (Lipinski definition) is 1. The summed E-state index contributed by atoms with van der Waals surface area (Å²) >= 11 is 0. The highest BCUT2D eigenvalue weighted by Gasteiger charge is 2.24. The average molecular weight is 408 g/mol. The van der Waals surface area contributed by atoms with E-state index in [-0.39, 0.29) is 33.7 Å². The van der Waals surface area contributed by atoms with Crippen molar-refractivity contribution in [3.05, 3.63) is 77.4 Å². The molecule has 5 nitrogen and oxygen atoms in total.